The molecule has 0 unspecified atom stereocenters. The molecule has 0 aromatic heterocycles. The zero-order chi connectivity index (χ0) is 31.5. The molecule has 2 aliphatic rings. The van der Waals surface area contributed by atoms with Gasteiger partial charge in [-0.2, -0.15) is 0 Å². The number of anilines is 1. The Morgan fingerprint density at radius 1 is 1.00 bits per heavy atom. The van der Waals surface area contributed by atoms with Crippen LogP contribution in [0.2, 0.25) is 0 Å². The van der Waals surface area contributed by atoms with Gasteiger partial charge in [-0.25, -0.2) is 0 Å². The van der Waals surface area contributed by atoms with Crippen LogP contribution in [0.5, 0.6) is 5.75 Å². The summed E-state index contributed by atoms with van der Waals surface area (Å²) in [5.74, 6) is -3.42. The SMILES string of the molecule is CCC/C(=C\c1ccc(O)c2ccccc12)CC[C@@H](O)C1=C(CO)C[C@H]2C(=O)N(c3cccc(B(O)O)c3)C(=O)[C@H]2[C@H]1CO. The Bertz CT molecular complexity index is 1620. The highest BCUT2D eigenvalue weighted by Gasteiger charge is 2.55. The van der Waals surface area contributed by atoms with Gasteiger partial charge in [-0.15, -0.1) is 0 Å². The fourth-order valence-electron chi connectivity index (χ4n) is 6.90. The first kappa shape index (κ1) is 31.6. The number of imide groups is 1. The Hall–Kier alpha value is -3.80. The van der Waals surface area contributed by atoms with E-state index in [1.54, 1.807) is 6.07 Å². The van der Waals surface area contributed by atoms with Crippen molar-refractivity contribution in [3.05, 3.63) is 82.9 Å². The zero-order valence-corrected chi connectivity index (χ0v) is 24.6. The summed E-state index contributed by atoms with van der Waals surface area (Å²) in [4.78, 5) is 28.3. The van der Waals surface area contributed by atoms with E-state index in [2.05, 4.69) is 13.0 Å². The molecule has 0 saturated carbocycles. The molecule has 2 amide bonds. The molecule has 44 heavy (non-hydrogen) atoms. The number of aliphatic hydroxyl groups excluding tert-OH is 3. The summed E-state index contributed by atoms with van der Waals surface area (Å²) in [7, 11) is -1.78. The summed E-state index contributed by atoms with van der Waals surface area (Å²) in [6.45, 7) is 1.16. The van der Waals surface area contributed by atoms with Crippen molar-refractivity contribution in [2.45, 2.75) is 45.1 Å². The molecule has 3 aromatic rings. The lowest BCUT2D eigenvalue weighted by Crippen LogP contribution is -2.39. The number of carbonyl (C=O) groups is 2. The molecule has 10 heteroatoms. The maximum atomic E-state index is 13.7. The number of phenols is 1. The number of aliphatic hydroxyl groups is 3. The third kappa shape index (κ3) is 5.96. The highest BCUT2D eigenvalue weighted by atomic mass is 16.4. The van der Waals surface area contributed by atoms with Gasteiger partial charge in [0.1, 0.15) is 5.75 Å². The van der Waals surface area contributed by atoms with Gasteiger partial charge >= 0.3 is 7.12 Å². The molecule has 1 fully saturated rings. The molecule has 0 spiro atoms. The molecular formula is C34H38BNO8. The Morgan fingerprint density at radius 3 is 2.43 bits per heavy atom. The largest absolute Gasteiger partial charge is 0.507 e. The number of carbonyl (C=O) groups excluding carboxylic acids is 2. The minimum atomic E-state index is -1.78. The van der Waals surface area contributed by atoms with E-state index >= 15 is 0 Å². The first-order valence-corrected chi connectivity index (χ1v) is 15.1. The molecule has 1 aliphatic heterocycles. The van der Waals surface area contributed by atoms with Crippen molar-refractivity contribution in [3.63, 3.8) is 0 Å². The van der Waals surface area contributed by atoms with Gasteiger partial charge < -0.3 is 30.5 Å². The van der Waals surface area contributed by atoms with E-state index in [4.69, 9.17) is 0 Å². The van der Waals surface area contributed by atoms with Crippen molar-refractivity contribution < 1.29 is 40.1 Å². The van der Waals surface area contributed by atoms with E-state index in [1.807, 2.05) is 30.3 Å². The van der Waals surface area contributed by atoms with Crippen molar-refractivity contribution in [2.24, 2.45) is 17.8 Å². The van der Waals surface area contributed by atoms with Crippen molar-refractivity contribution in [1.82, 2.24) is 0 Å². The Labute approximate surface area is 256 Å². The molecule has 9 nitrogen and oxygen atoms in total. The first-order chi connectivity index (χ1) is 21.2. The number of phenolic OH excluding ortho intramolecular Hbond substituents is 1. The molecule has 6 N–H and O–H groups in total. The number of allylic oxidation sites excluding steroid dienone is 1. The highest BCUT2D eigenvalue weighted by molar-refractivity contribution is 6.58. The number of amides is 2. The van der Waals surface area contributed by atoms with Gasteiger partial charge in [-0.1, -0.05) is 67.5 Å². The van der Waals surface area contributed by atoms with Gasteiger partial charge in [0.05, 0.1) is 36.8 Å². The predicted octanol–water partition coefficient (Wildman–Crippen LogP) is 2.66. The molecule has 0 bridgehead atoms. The molecule has 3 aromatic carbocycles. The Morgan fingerprint density at radius 2 is 1.75 bits per heavy atom. The second-order valence-corrected chi connectivity index (χ2v) is 11.6. The molecule has 0 radical (unpaired) electrons. The molecule has 1 saturated heterocycles. The number of fused-ring (bicyclic) bond motifs is 2. The molecular weight excluding hydrogens is 561 g/mol. The van der Waals surface area contributed by atoms with Crippen LogP contribution in [0.25, 0.3) is 16.8 Å². The van der Waals surface area contributed by atoms with Crippen LogP contribution < -0.4 is 10.4 Å². The number of nitrogens with zero attached hydrogens (tertiary/aromatic N) is 1. The summed E-state index contributed by atoms with van der Waals surface area (Å²) >= 11 is 0. The van der Waals surface area contributed by atoms with Crippen LogP contribution in [0.1, 0.15) is 44.6 Å². The quantitative estimate of drug-likeness (QED) is 0.112. The average molecular weight is 599 g/mol. The maximum Gasteiger partial charge on any atom is 0.488 e. The predicted molar refractivity (Wildman–Crippen MR) is 169 cm³/mol. The van der Waals surface area contributed by atoms with Crippen molar-refractivity contribution in [1.29, 1.82) is 0 Å². The van der Waals surface area contributed by atoms with Crippen molar-refractivity contribution in [2.75, 3.05) is 18.1 Å². The van der Waals surface area contributed by atoms with Gasteiger partial charge in [-0.05, 0) is 71.4 Å². The Balaban J connectivity index is 1.41. The van der Waals surface area contributed by atoms with E-state index in [1.165, 1.54) is 24.3 Å². The molecule has 230 valence electrons. The van der Waals surface area contributed by atoms with Crippen LogP contribution >= 0.6 is 0 Å². The summed E-state index contributed by atoms with van der Waals surface area (Å²) in [6.07, 6.45) is 3.57. The normalized spacial score (nSPS) is 21.3. The van der Waals surface area contributed by atoms with E-state index in [0.717, 1.165) is 39.7 Å². The molecule has 4 atom stereocenters. The standard InChI is InChI=1S/C34H38BNO8/c1-2-6-20(15-21-12-14-29(39)26-10-4-3-9-25(21)26)11-13-30(40)31-22(18-37)16-27-32(28(31)19-38)34(42)36(33(27)41)24-8-5-7-23(17-24)35(43)44/h3-5,7-10,12,14-15,17,27-28,30,32,37-40,43-44H,2,6,11,13,16,18-19H2,1H3/b20-15+/t27-,28+,30-,32-/m1/s1. The van der Waals surface area contributed by atoms with Crippen LogP contribution in [0.4, 0.5) is 5.69 Å². The smallest absolute Gasteiger partial charge is 0.488 e. The fourth-order valence-corrected chi connectivity index (χ4v) is 6.90. The number of hydrogen-bond donors (Lipinski definition) is 6. The van der Waals surface area contributed by atoms with Gasteiger partial charge in [0.25, 0.3) is 0 Å². The Kier molecular flexibility index (Phi) is 9.67. The monoisotopic (exact) mass is 599 g/mol. The summed E-state index contributed by atoms with van der Waals surface area (Å²) in [5.41, 5.74) is 3.22. The van der Waals surface area contributed by atoms with Crippen molar-refractivity contribution >= 4 is 46.9 Å². The second-order valence-electron chi connectivity index (χ2n) is 11.6. The second kappa shape index (κ2) is 13.5. The number of rotatable bonds is 11. The summed E-state index contributed by atoms with van der Waals surface area (Å²) in [6, 6.07) is 17.0. The third-order valence-electron chi connectivity index (χ3n) is 8.96. The van der Waals surface area contributed by atoms with Crippen LogP contribution in [0.3, 0.4) is 0 Å². The number of aromatic hydroxyl groups is 1. The first-order valence-electron chi connectivity index (χ1n) is 15.1. The van der Waals surface area contributed by atoms with E-state index in [-0.39, 0.29) is 29.7 Å². The van der Waals surface area contributed by atoms with Crippen LogP contribution in [-0.4, -0.2) is 68.7 Å². The topological polar surface area (TPSA) is 159 Å². The van der Waals surface area contributed by atoms with Crippen LogP contribution in [0, 0.1) is 17.8 Å². The minimum Gasteiger partial charge on any atom is -0.507 e. The average Bonchev–Trinajstić information content (AvgIpc) is 3.28. The lowest BCUT2D eigenvalue weighted by Gasteiger charge is -2.36. The maximum absolute atomic E-state index is 13.7. The summed E-state index contributed by atoms with van der Waals surface area (Å²) < 4.78 is 0. The van der Waals surface area contributed by atoms with E-state index in [9.17, 15) is 40.1 Å². The van der Waals surface area contributed by atoms with Gasteiger partial charge in [0.2, 0.25) is 11.8 Å². The van der Waals surface area contributed by atoms with Crippen molar-refractivity contribution in [3.8, 4) is 5.75 Å². The van der Waals surface area contributed by atoms with Crippen LogP contribution in [-0.2, 0) is 9.59 Å². The molecule has 5 rings (SSSR count). The lowest BCUT2D eigenvalue weighted by molar-refractivity contribution is -0.123. The molecule has 1 aliphatic carbocycles. The number of benzene rings is 3. The van der Waals surface area contributed by atoms with Gasteiger partial charge in [0, 0.05) is 11.3 Å². The zero-order valence-electron chi connectivity index (χ0n) is 24.6. The fraction of sp³-hybridized carbons (Fsp3) is 0.353. The third-order valence-corrected chi connectivity index (χ3v) is 8.96. The minimum absolute atomic E-state index is 0.0740. The van der Waals surface area contributed by atoms with E-state index < -0.39 is 56.0 Å². The van der Waals surface area contributed by atoms with Crippen LogP contribution in [0.15, 0.2) is 77.4 Å². The van der Waals surface area contributed by atoms with Gasteiger partial charge in [0.15, 0.2) is 0 Å². The highest BCUT2D eigenvalue weighted by Crippen LogP contribution is 2.47. The van der Waals surface area contributed by atoms with E-state index in [0.29, 0.717) is 17.6 Å². The summed E-state index contributed by atoms with van der Waals surface area (Å²) in [5, 5.41) is 63.5. The molecule has 1 heterocycles. The van der Waals surface area contributed by atoms with Gasteiger partial charge in [-0.3, -0.25) is 14.5 Å². The number of hydrogen-bond acceptors (Lipinski definition) is 8. The lowest BCUT2D eigenvalue weighted by atomic mass is 9.68.